The van der Waals surface area contributed by atoms with Crippen LogP contribution in [0.3, 0.4) is 0 Å². The number of hydrogen-bond acceptors (Lipinski definition) is 4. The van der Waals surface area contributed by atoms with Gasteiger partial charge in [0.15, 0.2) is 4.96 Å². The zero-order valence-corrected chi connectivity index (χ0v) is 16.0. The molecular formula is C18H13F6N3O2S. The molecule has 1 amide bonds. The largest absolute Gasteiger partial charge is 0.416 e. The van der Waals surface area contributed by atoms with Gasteiger partial charge in [-0.1, -0.05) is 0 Å². The molecule has 0 aliphatic rings. The van der Waals surface area contributed by atoms with Crippen LogP contribution in [0.4, 0.5) is 26.3 Å². The van der Waals surface area contributed by atoms with Crippen molar-refractivity contribution in [2.24, 2.45) is 0 Å². The molecule has 1 aromatic carbocycles. The molecule has 0 aliphatic heterocycles. The van der Waals surface area contributed by atoms with Gasteiger partial charge in [0.1, 0.15) is 0 Å². The number of halogens is 6. The molecule has 30 heavy (non-hydrogen) atoms. The number of nitrogens with zero attached hydrogens (tertiary/aromatic N) is 2. The van der Waals surface area contributed by atoms with Crippen molar-refractivity contribution in [2.75, 3.05) is 6.54 Å². The Balaban J connectivity index is 1.79. The highest BCUT2D eigenvalue weighted by Crippen LogP contribution is 2.36. The van der Waals surface area contributed by atoms with Crippen LogP contribution in [0.2, 0.25) is 0 Å². The van der Waals surface area contributed by atoms with Gasteiger partial charge in [-0.2, -0.15) is 26.3 Å². The van der Waals surface area contributed by atoms with E-state index in [0.29, 0.717) is 28.5 Å². The number of fused-ring (bicyclic) bond motifs is 1. The highest BCUT2D eigenvalue weighted by molar-refractivity contribution is 7.15. The zero-order valence-electron chi connectivity index (χ0n) is 15.2. The second-order valence-electron chi connectivity index (χ2n) is 6.38. The summed E-state index contributed by atoms with van der Waals surface area (Å²) in [5, 5.41) is 3.93. The third-order valence-corrected chi connectivity index (χ3v) is 4.99. The van der Waals surface area contributed by atoms with Crippen LogP contribution >= 0.6 is 11.3 Å². The highest BCUT2D eigenvalue weighted by Gasteiger charge is 2.37. The molecule has 0 bridgehead atoms. The predicted molar refractivity (Wildman–Crippen MR) is 96.6 cm³/mol. The smallest absolute Gasteiger partial charge is 0.352 e. The number of amides is 1. The Kier molecular flexibility index (Phi) is 5.63. The first kappa shape index (κ1) is 21.8. The minimum Gasteiger partial charge on any atom is -0.352 e. The van der Waals surface area contributed by atoms with Gasteiger partial charge in [0.05, 0.1) is 11.1 Å². The number of carbonyl (C=O) groups excluding carboxylic acids is 1. The number of benzene rings is 1. The summed E-state index contributed by atoms with van der Waals surface area (Å²) in [5.41, 5.74) is -3.19. The van der Waals surface area contributed by atoms with Gasteiger partial charge in [0, 0.05) is 41.4 Å². The number of thiazole rings is 1. The van der Waals surface area contributed by atoms with Crippen molar-refractivity contribution in [3.05, 3.63) is 68.1 Å². The summed E-state index contributed by atoms with van der Waals surface area (Å²) < 4.78 is 78.8. The first-order chi connectivity index (χ1) is 13.9. The van der Waals surface area contributed by atoms with Gasteiger partial charge in [-0.15, -0.1) is 11.3 Å². The standard InChI is InChI=1S/C18H13F6N3O2S/c1-9-4-14(28)27-13(8-30-16(27)26-9)2-3-25-15(29)10-5-11(17(19,20)21)7-12(6-10)18(22,23)24/h4-8H,2-3H2,1H3,(H,25,29). The molecule has 0 atom stereocenters. The third kappa shape index (κ3) is 4.64. The summed E-state index contributed by atoms with van der Waals surface area (Å²) >= 11 is 1.20. The third-order valence-electron chi connectivity index (χ3n) is 4.12. The average Bonchev–Trinajstić information content (AvgIpc) is 3.02. The van der Waals surface area contributed by atoms with Gasteiger partial charge in [-0.3, -0.25) is 14.0 Å². The van der Waals surface area contributed by atoms with E-state index in [9.17, 15) is 35.9 Å². The molecule has 2 heterocycles. The monoisotopic (exact) mass is 449 g/mol. The summed E-state index contributed by atoms with van der Waals surface area (Å²) in [6.45, 7) is 1.55. The molecule has 0 aliphatic carbocycles. The van der Waals surface area contributed by atoms with Crippen molar-refractivity contribution >= 4 is 22.2 Å². The van der Waals surface area contributed by atoms with E-state index < -0.39 is 35.0 Å². The molecule has 3 aromatic rings. The lowest BCUT2D eigenvalue weighted by atomic mass is 10.0. The molecule has 3 rings (SSSR count). The zero-order chi connectivity index (χ0) is 22.3. The minimum absolute atomic E-state index is 0.0460. The summed E-state index contributed by atoms with van der Waals surface area (Å²) in [6.07, 6.45) is -9.96. The van der Waals surface area contributed by atoms with Crippen molar-refractivity contribution in [2.45, 2.75) is 25.7 Å². The van der Waals surface area contributed by atoms with Crippen molar-refractivity contribution in [1.29, 1.82) is 0 Å². The molecule has 0 spiro atoms. The molecule has 160 valence electrons. The number of hydrogen-bond donors (Lipinski definition) is 1. The van der Waals surface area contributed by atoms with Gasteiger partial charge in [0.25, 0.3) is 11.5 Å². The van der Waals surface area contributed by atoms with Crippen LogP contribution in [-0.2, 0) is 18.8 Å². The van der Waals surface area contributed by atoms with E-state index in [0.717, 1.165) is 0 Å². The maximum Gasteiger partial charge on any atom is 0.416 e. The number of carbonyl (C=O) groups is 1. The van der Waals surface area contributed by atoms with E-state index in [-0.39, 0.29) is 24.6 Å². The van der Waals surface area contributed by atoms with Crippen molar-refractivity contribution in [3.8, 4) is 0 Å². The van der Waals surface area contributed by atoms with Crippen LogP contribution in [0.15, 0.2) is 34.4 Å². The Bertz CT molecular complexity index is 1130. The predicted octanol–water partition coefficient (Wildman–Crippen LogP) is 4.07. The fourth-order valence-electron chi connectivity index (χ4n) is 2.75. The summed E-state index contributed by atoms with van der Waals surface area (Å²) in [6, 6.07) is 2.00. The van der Waals surface area contributed by atoms with E-state index in [2.05, 4.69) is 10.3 Å². The quantitative estimate of drug-likeness (QED) is 0.611. The highest BCUT2D eigenvalue weighted by atomic mass is 32.1. The molecule has 1 N–H and O–H groups in total. The first-order valence-electron chi connectivity index (χ1n) is 8.41. The van der Waals surface area contributed by atoms with Crippen LogP contribution in [0.25, 0.3) is 4.96 Å². The SMILES string of the molecule is Cc1cc(=O)n2c(CCNC(=O)c3cc(C(F)(F)F)cc(C(F)(F)F)c3)csc2n1. The van der Waals surface area contributed by atoms with Crippen LogP contribution in [-0.4, -0.2) is 21.8 Å². The van der Waals surface area contributed by atoms with Crippen LogP contribution in [0.5, 0.6) is 0 Å². The Hall–Kier alpha value is -2.89. The Labute approximate surface area is 169 Å². The lowest BCUT2D eigenvalue weighted by molar-refractivity contribution is -0.143. The topological polar surface area (TPSA) is 63.5 Å². The average molecular weight is 449 g/mol. The number of nitrogens with one attached hydrogen (secondary N) is 1. The summed E-state index contributed by atoms with van der Waals surface area (Å²) in [7, 11) is 0. The molecular weight excluding hydrogens is 436 g/mol. The minimum atomic E-state index is -5.04. The van der Waals surface area contributed by atoms with E-state index in [1.54, 1.807) is 12.3 Å². The van der Waals surface area contributed by atoms with Gasteiger partial charge in [0.2, 0.25) is 0 Å². The normalized spacial score (nSPS) is 12.4. The number of alkyl halides is 6. The van der Waals surface area contributed by atoms with Crippen LogP contribution in [0, 0.1) is 6.92 Å². The lowest BCUT2D eigenvalue weighted by Crippen LogP contribution is -2.27. The Morgan fingerprint density at radius 1 is 1.07 bits per heavy atom. The van der Waals surface area contributed by atoms with Crippen molar-refractivity contribution in [1.82, 2.24) is 14.7 Å². The van der Waals surface area contributed by atoms with E-state index in [1.165, 1.54) is 21.8 Å². The van der Waals surface area contributed by atoms with Gasteiger partial charge in [-0.25, -0.2) is 4.98 Å². The molecule has 0 fully saturated rings. The molecule has 0 radical (unpaired) electrons. The Morgan fingerprint density at radius 2 is 1.67 bits per heavy atom. The second-order valence-corrected chi connectivity index (χ2v) is 7.22. The van der Waals surface area contributed by atoms with E-state index in [4.69, 9.17) is 0 Å². The molecule has 0 saturated carbocycles. The molecule has 0 unspecified atom stereocenters. The van der Waals surface area contributed by atoms with Crippen LogP contribution in [0.1, 0.15) is 32.9 Å². The molecule has 5 nitrogen and oxygen atoms in total. The summed E-state index contributed by atoms with van der Waals surface area (Å²) in [4.78, 5) is 28.9. The van der Waals surface area contributed by atoms with Crippen molar-refractivity contribution in [3.63, 3.8) is 0 Å². The van der Waals surface area contributed by atoms with Gasteiger partial charge < -0.3 is 5.32 Å². The van der Waals surface area contributed by atoms with E-state index >= 15 is 0 Å². The van der Waals surface area contributed by atoms with E-state index in [1.807, 2.05) is 0 Å². The molecule has 2 aromatic heterocycles. The number of aromatic nitrogens is 2. The van der Waals surface area contributed by atoms with Gasteiger partial charge >= 0.3 is 12.4 Å². The maximum absolute atomic E-state index is 12.9. The fourth-order valence-corrected chi connectivity index (χ4v) is 3.72. The first-order valence-corrected chi connectivity index (χ1v) is 9.28. The number of aryl methyl sites for hydroxylation is 1. The molecule has 12 heteroatoms. The van der Waals surface area contributed by atoms with Crippen LogP contribution < -0.4 is 10.9 Å². The number of rotatable bonds is 4. The van der Waals surface area contributed by atoms with Crippen molar-refractivity contribution < 1.29 is 31.1 Å². The summed E-state index contributed by atoms with van der Waals surface area (Å²) in [5.74, 6) is -1.09. The van der Waals surface area contributed by atoms with Gasteiger partial charge in [-0.05, 0) is 25.1 Å². The Morgan fingerprint density at radius 3 is 2.23 bits per heavy atom. The molecule has 0 saturated heterocycles. The lowest BCUT2D eigenvalue weighted by Gasteiger charge is -2.14. The maximum atomic E-state index is 12.9. The second kappa shape index (κ2) is 7.74. The fraction of sp³-hybridized carbons (Fsp3) is 0.278.